The fraction of sp³-hybridized carbons (Fsp3) is 0.263. The molecule has 0 unspecified atom stereocenters. The predicted molar refractivity (Wildman–Crippen MR) is 123 cm³/mol. The molecule has 2 rings (SSSR count). The fourth-order valence-electron chi connectivity index (χ4n) is 2.20. The Labute approximate surface area is 194 Å². The first-order valence-electron chi connectivity index (χ1n) is 8.56. The summed E-state index contributed by atoms with van der Waals surface area (Å²) in [5, 5.41) is 8.39. The molecule has 3 N–H and O–H groups in total. The van der Waals surface area contributed by atoms with E-state index < -0.39 is 15.9 Å². The summed E-state index contributed by atoms with van der Waals surface area (Å²) < 4.78 is 13.7. The monoisotopic (exact) mass is 491 g/mol. The fourth-order valence-corrected chi connectivity index (χ4v) is 2.76. The van der Waals surface area contributed by atoms with Gasteiger partial charge in [0, 0.05) is 5.69 Å². The van der Waals surface area contributed by atoms with Crippen molar-refractivity contribution in [3.8, 4) is 17.2 Å². The van der Waals surface area contributed by atoms with E-state index >= 15 is 0 Å². The molecular weight excluding hydrogens is 473 g/mol. The first kappa shape index (κ1) is 24.1. The number of rotatable bonds is 8. The maximum Gasteiger partial charge on any atom is 0.259 e. The van der Waals surface area contributed by atoms with Crippen molar-refractivity contribution in [2.75, 3.05) is 26.1 Å². The van der Waals surface area contributed by atoms with Gasteiger partial charge < -0.3 is 30.2 Å². The quantitative estimate of drug-likeness (QED) is 0.293. The van der Waals surface area contributed by atoms with Gasteiger partial charge in [-0.1, -0.05) is 34.8 Å². The maximum atomic E-state index is 12.3. The van der Waals surface area contributed by atoms with Crippen molar-refractivity contribution in [2.45, 2.75) is 9.96 Å². The van der Waals surface area contributed by atoms with Crippen molar-refractivity contribution >= 4 is 63.7 Å². The average molecular weight is 493 g/mol. The normalized spacial score (nSPS) is 11.8. The Bertz CT molecular complexity index is 846. The Morgan fingerprint density at radius 1 is 0.933 bits per heavy atom. The molecule has 0 aliphatic heterocycles. The van der Waals surface area contributed by atoms with Crippen LogP contribution in [0.15, 0.2) is 48.5 Å². The van der Waals surface area contributed by atoms with Crippen LogP contribution in [0.4, 0.5) is 5.69 Å². The third-order valence-corrected chi connectivity index (χ3v) is 4.56. The Kier molecular flexibility index (Phi) is 9.10. The summed E-state index contributed by atoms with van der Waals surface area (Å²) >= 11 is 23.2. The number of amides is 1. The van der Waals surface area contributed by atoms with Gasteiger partial charge in [-0.2, -0.15) is 0 Å². The summed E-state index contributed by atoms with van der Waals surface area (Å²) in [6.45, 7) is -0.288. The van der Waals surface area contributed by atoms with E-state index in [2.05, 4.69) is 16.0 Å². The van der Waals surface area contributed by atoms with E-state index in [9.17, 15) is 4.79 Å². The zero-order valence-electron chi connectivity index (χ0n) is 16.1. The summed E-state index contributed by atoms with van der Waals surface area (Å²) in [5.74, 6) is 1.34. The van der Waals surface area contributed by atoms with Crippen molar-refractivity contribution in [3.63, 3.8) is 0 Å². The van der Waals surface area contributed by atoms with E-state index in [0.29, 0.717) is 22.9 Å². The van der Waals surface area contributed by atoms with E-state index in [1.807, 2.05) is 0 Å². The molecule has 0 radical (unpaired) electrons. The van der Waals surface area contributed by atoms with E-state index in [4.69, 9.17) is 61.2 Å². The number of nitrogens with one attached hydrogen (secondary N) is 3. The molecule has 2 aromatic rings. The van der Waals surface area contributed by atoms with Gasteiger partial charge in [0.2, 0.25) is 3.79 Å². The summed E-state index contributed by atoms with van der Waals surface area (Å²) in [6.07, 6.45) is -1.10. The second kappa shape index (κ2) is 11.3. The number of carbonyl (C=O) groups excluding carboxylic acids is 1. The number of carbonyl (C=O) groups is 1. The Balaban J connectivity index is 1.90. The third-order valence-electron chi connectivity index (χ3n) is 3.69. The zero-order valence-corrected chi connectivity index (χ0v) is 19.2. The van der Waals surface area contributed by atoms with Crippen LogP contribution in [0.1, 0.15) is 0 Å². The Morgan fingerprint density at radius 3 is 1.93 bits per heavy atom. The number of hydrogen-bond donors (Lipinski definition) is 3. The Hall–Kier alpha value is -2.13. The van der Waals surface area contributed by atoms with Gasteiger partial charge in [0.1, 0.15) is 23.4 Å². The number of ether oxygens (including phenoxy) is 3. The second-order valence-corrected chi connectivity index (χ2v) is 8.61. The highest BCUT2D eigenvalue weighted by atomic mass is 35.6. The van der Waals surface area contributed by atoms with Crippen LogP contribution in [0.3, 0.4) is 0 Å². The molecule has 0 spiro atoms. The second-order valence-electron chi connectivity index (χ2n) is 5.83. The summed E-state index contributed by atoms with van der Waals surface area (Å²) in [5.41, 5.74) is 0.686. The highest BCUT2D eigenvalue weighted by Gasteiger charge is 2.34. The summed E-state index contributed by atoms with van der Waals surface area (Å²) in [6, 6.07) is 13.8. The molecule has 30 heavy (non-hydrogen) atoms. The van der Waals surface area contributed by atoms with Crippen molar-refractivity contribution in [1.29, 1.82) is 0 Å². The molecule has 162 valence electrons. The first-order valence-corrected chi connectivity index (χ1v) is 10.1. The molecule has 11 heteroatoms. The molecule has 0 fully saturated rings. The standard InChI is InChI=1S/C19H20Cl3N3O4S/c1-27-13-5-3-12(4-6-13)23-18(30)25-17(19(20,21)22)24-16(26)11-29-15-9-7-14(28-2)8-10-15/h3-10,17H,11H2,1-2H3,(H,24,26)(H2,23,25,30)/t17-/m0/s1. The van der Waals surface area contributed by atoms with Gasteiger partial charge in [0.15, 0.2) is 11.7 Å². The first-order chi connectivity index (χ1) is 14.2. The number of alkyl halides is 3. The number of benzene rings is 2. The molecule has 0 bridgehead atoms. The van der Waals surface area contributed by atoms with Crippen LogP contribution in [-0.4, -0.2) is 41.8 Å². The molecule has 2 aromatic carbocycles. The van der Waals surface area contributed by atoms with Crippen LogP contribution in [0.5, 0.6) is 17.2 Å². The lowest BCUT2D eigenvalue weighted by Gasteiger charge is -2.27. The minimum atomic E-state index is -1.87. The van der Waals surface area contributed by atoms with Crippen LogP contribution < -0.4 is 30.2 Å². The number of thiocarbonyl (C=S) groups is 1. The van der Waals surface area contributed by atoms with Gasteiger partial charge in [-0.05, 0) is 60.7 Å². The van der Waals surface area contributed by atoms with Crippen molar-refractivity contribution in [3.05, 3.63) is 48.5 Å². The molecular formula is C19H20Cl3N3O4S. The van der Waals surface area contributed by atoms with Gasteiger partial charge in [0.05, 0.1) is 14.2 Å². The number of methoxy groups -OCH3 is 2. The van der Waals surface area contributed by atoms with E-state index in [0.717, 1.165) is 0 Å². The molecule has 0 saturated carbocycles. The molecule has 1 atom stereocenters. The molecule has 0 saturated heterocycles. The molecule has 1 amide bonds. The molecule has 0 aliphatic carbocycles. The smallest absolute Gasteiger partial charge is 0.259 e. The molecule has 0 aliphatic rings. The van der Waals surface area contributed by atoms with Crippen LogP contribution in [0.2, 0.25) is 0 Å². The number of hydrogen-bond acceptors (Lipinski definition) is 5. The minimum absolute atomic E-state index is 0.146. The highest BCUT2D eigenvalue weighted by Crippen LogP contribution is 2.29. The van der Waals surface area contributed by atoms with Gasteiger partial charge in [-0.3, -0.25) is 4.79 Å². The van der Waals surface area contributed by atoms with Crippen molar-refractivity contribution in [2.24, 2.45) is 0 Å². The highest BCUT2D eigenvalue weighted by molar-refractivity contribution is 7.80. The van der Waals surface area contributed by atoms with Gasteiger partial charge >= 0.3 is 0 Å². The van der Waals surface area contributed by atoms with Crippen LogP contribution in [-0.2, 0) is 4.79 Å². The maximum absolute atomic E-state index is 12.3. The average Bonchev–Trinajstić information content (AvgIpc) is 2.72. The summed E-state index contributed by atoms with van der Waals surface area (Å²) in [7, 11) is 3.13. The van der Waals surface area contributed by atoms with Crippen molar-refractivity contribution < 1.29 is 19.0 Å². The van der Waals surface area contributed by atoms with E-state index in [1.165, 1.54) is 0 Å². The van der Waals surface area contributed by atoms with Gasteiger partial charge in [0.25, 0.3) is 5.91 Å². The molecule has 7 nitrogen and oxygen atoms in total. The summed E-state index contributed by atoms with van der Waals surface area (Å²) in [4.78, 5) is 12.3. The van der Waals surface area contributed by atoms with E-state index in [-0.39, 0.29) is 11.7 Å². The van der Waals surface area contributed by atoms with Crippen LogP contribution >= 0.6 is 47.0 Å². The minimum Gasteiger partial charge on any atom is -0.497 e. The predicted octanol–water partition coefficient (Wildman–Crippen LogP) is 3.88. The Morgan fingerprint density at radius 2 is 1.43 bits per heavy atom. The third kappa shape index (κ3) is 7.95. The molecule has 0 aromatic heterocycles. The topological polar surface area (TPSA) is 80.9 Å². The lowest BCUT2D eigenvalue weighted by molar-refractivity contribution is -0.123. The van der Waals surface area contributed by atoms with Gasteiger partial charge in [-0.15, -0.1) is 0 Å². The molecule has 0 heterocycles. The lowest BCUT2D eigenvalue weighted by atomic mass is 10.3. The number of anilines is 1. The van der Waals surface area contributed by atoms with Crippen LogP contribution in [0.25, 0.3) is 0 Å². The largest absolute Gasteiger partial charge is 0.497 e. The SMILES string of the molecule is COc1ccc(NC(=S)N[C@H](NC(=O)COc2ccc(OC)cc2)C(Cl)(Cl)Cl)cc1. The van der Waals surface area contributed by atoms with Crippen molar-refractivity contribution in [1.82, 2.24) is 10.6 Å². The van der Waals surface area contributed by atoms with E-state index in [1.54, 1.807) is 62.8 Å². The lowest BCUT2D eigenvalue weighted by Crippen LogP contribution is -2.56. The number of halogens is 3. The van der Waals surface area contributed by atoms with Gasteiger partial charge in [-0.25, -0.2) is 0 Å². The van der Waals surface area contributed by atoms with Crippen LogP contribution in [0, 0.1) is 0 Å². The zero-order chi connectivity index (χ0) is 22.1.